The van der Waals surface area contributed by atoms with Gasteiger partial charge in [0.05, 0.1) is 6.04 Å². The monoisotopic (exact) mass is 335 g/mol. The molecule has 0 radical (unpaired) electrons. The number of carbonyl (C=O) groups excluding carboxylic acids is 1. The molecule has 0 amide bonds. The van der Waals surface area contributed by atoms with Crippen molar-refractivity contribution in [3.63, 3.8) is 0 Å². The van der Waals surface area contributed by atoms with Crippen LogP contribution in [0.1, 0.15) is 23.6 Å². The standard InChI is InChI=1S/C16H17NO3S2/c1-13-7-2-3-8-14(13)15(9-4-5-11-18)17-22(19,20)16-10-6-12-21-16/h2-8,10-12,15,17H,9H2,1H3/b5-4+/t15-/m1/s1. The molecule has 1 N–H and O–H groups in total. The molecule has 0 saturated heterocycles. The molecule has 1 heterocycles. The number of thiophene rings is 1. The van der Waals surface area contributed by atoms with E-state index in [2.05, 4.69) is 4.72 Å². The van der Waals surface area contributed by atoms with E-state index >= 15 is 0 Å². The maximum Gasteiger partial charge on any atom is 0.250 e. The molecule has 2 aromatic rings. The lowest BCUT2D eigenvalue weighted by Gasteiger charge is -2.19. The Labute approximate surface area is 134 Å². The average Bonchev–Trinajstić information content (AvgIpc) is 3.02. The van der Waals surface area contributed by atoms with Gasteiger partial charge in [0.25, 0.3) is 10.0 Å². The van der Waals surface area contributed by atoms with Crippen molar-refractivity contribution in [3.05, 3.63) is 65.1 Å². The third kappa shape index (κ3) is 4.13. The number of rotatable bonds is 7. The summed E-state index contributed by atoms with van der Waals surface area (Å²) in [4.78, 5) is 10.4. The zero-order valence-electron chi connectivity index (χ0n) is 12.1. The van der Waals surface area contributed by atoms with Crippen molar-refractivity contribution in [3.8, 4) is 0 Å². The van der Waals surface area contributed by atoms with Crippen LogP contribution in [0.25, 0.3) is 0 Å². The largest absolute Gasteiger partial charge is 0.299 e. The highest BCUT2D eigenvalue weighted by Crippen LogP contribution is 2.25. The van der Waals surface area contributed by atoms with Crippen LogP contribution >= 0.6 is 11.3 Å². The van der Waals surface area contributed by atoms with E-state index in [9.17, 15) is 13.2 Å². The fourth-order valence-electron chi connectivity index (χ4n) is 2.15. The third-order valence-corrected chi connectivity index (χ3v) is 6.08. The van der Waals surface area contributed by atoms with E-state index in [-0.39, 0.29) is 4.21 Å². The Morgan fingerprint density at radius 3 is 2.64 bits per heavy atom. The van der Waals surface area contributed by atoms with E-state index < -0.39 is 16.1 Å². The van der Waals surface area contributed by atoms with Crippen LogP contribution in [-0.2, 0) is 14.8 Å². The molecule has 0 spiro atoms. The van der Waals surface area contributed by atoms with Gasteiger partial charge in [0.2, 0.25) is 0 Å². The van der Waals surface area contributed by atoms with Gasteiger partial charge in [0.1, 0.15) is 10.5 Å². The minimum absolute atomic E-state index is 0.283. The van der Waals surface area contributed by atoms with Crippen LogP contribution in [0.4, 0.5) is 0 Å². The van der Waals surface area contributed by atoms with Crippen molar-refractivity contribution in [1.29, 1.82) is 0 Å². The van der Waals surface area contributed by atoms with E-state index in [0.29, 0.717) is 12.7 Å². The molecule has 116 valence electrons. The molecule has 22 heavy (non-hydrogen) atoms. The molecule has 1 aromatic heterocycles. The van der Waals surface area contributed by atoms with Gasteiger partial charge in [-0.25, -0.2) is 13.1 Å². The average molecular weight is 335 g/mol. The summed E-state index contributed by atoms with van der Waals surface area (Å²) in [6.07, 6.45) is 4.14. The number of allylic oxidation sites excluding steroid dienone is 1. The number of hydrogen-bond acceptors (Lipinski definition) is 4. The fraction of sp³-hybridized carbons (Fsp3) is 0.188. The van der Waals surface area contributed by atoms with Crippen LogP contribution in [-0.4, -0.2) is 14.7 Å². The van der Waals surface area contributed by atoms with Gasteiger partial charge >= 0.3 is 0 Å². The summed E-state index contributed by atoms with van der Waals surface area (Å²) in [7, 11) is -3.57. The Bertz CT molecular complexity index is 749. The Hall–Kier alpha value is -1.76. The van der Waals surface area contributed by atoms with Crippen molar-refractivity contribution >= 4 is 27.6 Å². The predicted molar refractivity (Wildman–Crippen MR) is 88.4 cm³/mol. The first-order chi connectivity index (χ1) is 10.5. The Balaban J connectivity index is 2.31. The molecule has 0 aliphatic rings. The molecule has 0 aliphatic carbocycles. The van der Waals surface area contributed by atoms with E-state index in [1.807, 2.05) is 31.2 Å². The summed E-state index contributed by atoms with van der Waals surface area (Å²) in [6, 6.07) is 10.5. The second kappa shape index (κ2) is 7.49. The normalized spacial score (nSPS) is 13.3. The van der Waals surface area contributed by atoms with Crippen LogP contribution < -0.4 is 4.72 Å². The van der Waals surface area contributed by atoms with Gasteiger partial charge in [-0.15, -0.1) is 11.3 Å². The summed E-state index contributed by atoms with van der Waals surface area (Å²) in [5.74, 6) is 0. The van der Waals surface area contributed by atoms with Gasteiger partial charge in [-0.3, -0.25) is 4.79 Å². The summed E-state index contributed by atoms with van der Waals surface area (Å²) in [5.41, 5.74) is 1.90. The van der Waals surface area contributed by atoms with Crippen LogP contribution in [0.3, 0.4) is 0 Å². The minimum atomic E-state index is -3.57. The van der Waals surface area contributed by atoms with E-state index in [1.165, 1.54) is 17.4 Å². The summed E-state index contributed by atoms with van der Waals surface area (Å²) in [6.45, 7) is 1.94. The SMILES string of the molecule is Cc1ccccc1[C@@H](C/C=C/C=O)NS(=O)(=O)c1cccs1. The van der Waals surface area contributed by atoms with Crippen LogP contribution in [0.2, 0.25) is 0 Å². The van der Waals surface area contributed by atoms with Crippen LogP contribution in [0.5, 0.6) is 0 Å². The molecular weight excluding hydrogens is 318 g/mol. The zero-order chi connectivity index (χ0) is 16.0. The maximum absolute atomic E-state index is 12.4. The molecule has 0 aliphatic heterocycles. The summed E-state index contributed by atoms with van der Waals surface area (Å²) >= 11 is 1.17. The lowest BCUT2D eigenvalue weighted by Crippen LogP contribution is -2.28. The molecule has 0 fully saturated rings. The van der Waals surface area contributed by atoms with Crippen molar-refractivity contribution in [2.24, 2.45) is 0 Å². The minimum Gasteiger partial charge on any atom is -0.299 e. The highest BCUT2D eigenvalue weighted by molar-refractivity contribution is 7.91. The van der Waals surface area contributed by atoms with Gasteiger partial charge in [0, 0.05) is 0 Å². The summed E-state index contributed by atoms with van der Waals surface area (Å²) in [5, 5.41) is 1.73. The number of nitrogens with one attached hydrogen (secondary N) is 1. The number of aryl methyl sites for hydroxylation is 1. The number of hydrogen-bond donors (Lipinski definition) is 1. The van der Waals surface area contributed by atoms with Crippen molar-refractivity contribution in [1.82, 2.24) is 4.72 Å². The second-order valence-corrected chi connectivity index (χ2v) is 7.65. The first kappa shape index (κ1) is 16.6. The predicted octanol–water partition coefficient (Wildman–Crippen LogP) is 3.22. The molecule has 0 bridgehead atoms. The number of sulfonamides is 1. The first-order valence-electron chi connectivity index (χ1n) is 6.76. The number of aldehydes is 1. The molecule has 1 aromatic carbocycles. The van der Waals surface area contributed by atoms with Gasteiger partial charge in [0.15, 0.2) is 0 Å². The first-order valence-corrected chi connectivity index (χ1v) is 9.12. The van der Waals surface area contributed by atoms with Crippen molar-refractivity contribution in [2.45, 2.75) is 23.6 Å². The highest BCUT2D eigenvalue weighted by atomic mass is 32.2. The van der Waals surface area contributed by atoms with Crippen molar-refractivity contribution < 1.29 is 13.2 Å². The van der Waals surface area contributed by atoms with E-state index in [1.54, 1.807) is 23.6 Å². The van der Waals surface area contributed by atoms with Crippen molar-refractivity contribution in [2.75, 3.05) is 0 Å². The third-order valence-electron chi connectivity index (χ3n) is 3.21. The molecule has 2 rings (SSSR count). The second-order valence-electron chi connectivity index (χ2n) is 4.76. The molecule has 6 heteroatoms. The Morgan fingerprint density at radius 2 is 2.00 bits per heavy atom. The zero-order valence-corrected chi connectivity index (χ0v) is 13.7. The Morgan fingerprint density at radius 1 is 1.23 bits per heavy atom. The summed E-state index contributed by atoms with van der Waals surface area (Å²) < 4.78 is 27.9. The van der Waals surface area contributed by atoms with E-state index in [0.717, 1.165) is 11.1 Å². The van der Waals surface area contributed by atoms with Gasteiger partial charge in [-0.2, -0.15) is 0 Å². The smallest absolute Gasteiger partial charge is 0.250 e. The van der Waals surface area contributed by atoms with Crippen LogP contribution in [0.15, 0.2) is 58.1 Å². The highest BCUT2D eigenvalue weighted by Gasteiger charge is 2.22. The fourth-order valence-corrected chi connectivity index (χ4v) is 4.39. The van der Waals surface area contributed by atoms with Crippen LogP contribution in [0, 0.1) is 6.92 Å². The molecule has 0 unspecified atom stereocenters. The molecular formula is C16H17NO3S2. The topological polar surface area (TPSA) is 63.2 Å². The Kier molecular flexibility index (Phi) is 5.65. The molecule has 4 nitrogen and oxygen atoms in total. The lowest BCUT2D eigenvalue weighted by molar-refractivity contribution is -0.104. The van der Waals surface area contributed by atoms with Gasteiger partial charge in [-0.1, -0.05) is 36.4 Å². The number of carbonyl (C=O) groups is 1. The maximum atomic E-state index is 12.4. The van der Waals surface area contributed by atoms with E-state index in [4.69, 9.17) is 0 Å². The quantitative estimate of drug-likeness (QED) is 0.624. The van der Waals surface area contributed by atoms with Gasteiger partial charge < -0.3 is 0 Å². The number of benzene rings is 1. The molecule has 1 atom stereocenters. The van der Waals surface area contributed by atoms with Gasteiger partial charge in [-0.05, 0) is 42.0 Å². The lowest BCUT2D eigenvalue weighted by atomic mass is 9.99. The molecule has 0 saturated carbocycles.